The minimum absolute atomic E-state index is 0.173. The lowest BCUT2D eigenvalue weighted by atomic mass is 10.0. The van der Waals surface area contributed by atoms with Crippen molar-refractivity contribution in [3.05, 3.63) is 10.4 Å². The molecule has 3 rings (SSSR count). The highest BCUT2D eigenvalue weighted by Crippen LogP contribution is 2.29. The quantitative estimate of drug-likeness (QED) is 0.746. The molecular formula is C8H11N3O2S. The van der Waals surface area contributed by atoms with Crippen LogP contribution in [0.25, 0.3) is 0 Å². The topological polar surface area (TPSA) is 58.2 Å². The van der Waals surface area contributed by atoms with E-state index in [-0.39, 0.29) is 17.5 Å². The van der Waals surface area contributed by atoms with E-state index in [1.54, 1.807) is 0 Å². The maximum absolute atomic E-state index is 11.2. The third kappa shape index (κ3) is 1.26. The van der Waals surface area contributed by atoms with Crippen LogP contribution >= 0.6 is 11.7 Å². The van der Waals surface area contributed by atoms with Gasteiger partial charge < -0.3 is 4.74 Å². The molecule has 3 atom stereocenters. The Morgan fingerprint density at radius 2 is 2.50 bits per heavy atom. The number of aromatic amines is 1. The second kappa shape index (κ2) is 3.06. The van der Waals surface area contributed by atoms with E-state index < -0.39 is 0 Å². The maximum atomic E-state index is 11.2. The largest absolute Gasteiger partial charge is 0.468 e. The molecule has 76 valence electrons. The monoisotopic (exact) mass is 213 g/mol. The van der Waals surface area contributed by atoms with E-state index in [2.05, 4.69) is 13.6 Å². The van der Waals surface area contributed by atoms with Crippen LogP contribution in [0, 0.1) is 5.92 Å². The molecule has 2 aliphatic heterocycles. The first kappa shape index (κ1) is 8.43. The molecule has 2 bridgehead atoms. The third-order valence-corrected chi connectivity index (χ3v) is 3.53. The molecule has 1 N–H and O–H groups in total. The van der Waals surface area contributed by atoms with Crippen molar-refractivity contribution in [2.75, 3.05) is 19.6 Å². The second-order valence-corrected chi connectivity index (χ2v) is 4.45. The van der Waals surface area contributed by atoms with Gasteiger partial charge in [0.05, 0.1) is 0 Å². The number of H-pyrrole nitrogens is 1. The smallest absolute Gasteiger partial charge is 0.321 e. The van der Waals surface area contributed by atoms with Crippen molar-refractivity contribution < 1.29 is 4.74 Å². The first-order valence-electron chi connectivity index (χ1n) is 4.76. The highest BCUT2D eigenvalue weighted by atomic mass is 32.1. The van der Waals surface area contributed by atoms with Crippen molar-refractivity contribution in [1.29, 1.82) is 0 Å². The van der Waals surface area contributed by atoms with Crippen molar-refractivity contribution in [3.63, 3.8) is 0 Å². The predicted molar refractivity (Wildman–Crippen MR) is 51.7 cm³/mol. The Kier molecular flexibility index (Phi) is 1.84. The van der Waals surface area contributed by atoms with Crippen molar-refractivity contribution in [1.82, 2.24) is 13.6 Å². The van der Waals surface area contributed by atoms with Crippen molar-refractivity contribution in [3.8, 4) is 5.88 Å². The van der Waals surface area contributed by atoms with Crippen molar-refractivity contribution in [2.45, 2.75) is 12.5 Å². The molecule has 0 radical (unpaired) electrons. The summed E-state index contributed by atoms with van der Waals surface area (Å²) in [5.41, 5.74) is -0.201. The lowest BCUT2D eigenvalue weighted by Gasteiger charge is -2.21. The summed E-state index contributed by atoms with van der Waals surface area (Å²) in [7, 11) is 0. The first-order chi connectivity index (χ1) is 6.83. The normalized spacial score (nSPS) is 35.0. The van der Waals surface area contributed by atoms with Crippen LogP contribution in [0.2, 0.25) is 0 Å². The molecule has 3 heterocycles. The molecule has 0 aromatic carbocycles. The Bertz CT molecular complexity index is 388. The second-order valence-electron chi connectivity index (χ2n) is 3.88. The van der Waals surface area contributed by atoms with Crippen LogP contribution in [0.4, 0.5) is 0 Å². The molecule has 0 aliphatic carbocycles. The Labute approximate surface area is 85.0 Å². The van der Waals surface area contributed by atoms with Gasteiger partial charge >= 0.3 is 5.56 Å². The Morgan fingerprint density at radius 1 is 1.57 bits per heavy atom. The van der Waals surface area contributed by atoms with Gasteiger partial charge in [-0.3, -0.25) is 14.1 Å². The van der Waals surface area contributed by atoms with Crippen LogP contribution in [0.15, 0.2) is 4.79 Å². The molecule has 1 aromatic rings. The molecule has 6 heteroatoms. The lowest BCUT2D eigenvalue weighted by Crippen LogP contribution is -2.33. The number of hydrogen-bond acceptors (Lipinski definition) is 5. The summed E-state index contributed by atoms with van der Waals surface area (Å²) in [6, 6.07) is 0. The average molecular weight is 213 g/mol. The SMILES string of the molecule is O=c1[nH]snc1OC1CN2CCC1C2. The lowest BCUT2D eigenvalue weighted by molar-refractivity contribution is 0.135. The summed E-state index contributed by atoms with van der Waals surface area (Å²) in [6.45, 7) is 3.24. The Balaban J connectivity index is 1.74. The molecule has 14 heavy (non-hydrogen) atoms. The van der Waals surface area contributed by atoms with E-state index in [1.807, 2.05) is 0 Å². The number of ether oxygens (including phenoxy) is 1. The Hall–Kier alpha value is -0.880. The number of aromatic nitrogens is 2. The van der Waals surface area contributed by atoms with E-state index in [9.17, 15) is 4.79 Å². The first-order valence-corrected chi connectivity index (χ1v) is 5.53. The zero-order valence-corrected chi connectivity index (χ0v) is 8.42. The van der Waals surface area contributed by atoms with E-state index >= 15 is 0 Å². The zero-order valence-electron chi connectivity index (χ0n) is 7.60. The summed E-state index contributed by atoms with van der Waals surface area (Å²) >= 11 is 1.04. The number of piperidine rings is 1. The highest BCUT2D eigenvalue weighted by Gasteiger charge is 2.39. The fourth-order valence-electron chi connectivity index (χ4n) is 2.28. The van der Waals surface area contributed by atoms with E-state index in [0.29, 0.717) is 5.92 Å². The number of rotatable bonds is 2. The van der Waals surface area contributed by atoms with Crippen molar-refractivity contribution in [2.24, 2.45) is 5.92 Å². The van der Waals surface area contributed by atoms with Crippen LogP contribution in [0.3, 0.4) is 0 Å². The third-order valence-electron chi connectivity index (χ3n) is 3.00. The van der Waals surface area contributed by atoms with E-state index in [1.165, 1.54) is 13.0 Å². The number of hydrogen-bond donors (Lipinski definition) is 1. The highest BCUT2D eigenvalue weighted by molar-refractivity contribution is 6.99. The van der Waals surface area contributed by atoms with Crippen LogP contribution in [0.5, 0.6) is 5.88 Å². The summed E-state index contributed by atoms with van der Waals surface area (Å²) in [5.74, 6) is 0.838. The van der Waals surface area contributed by atoms with Gasteiger partial charge in [-0.15, -0.1) is 4.37 Å². The number of nitrogens with zero attached hydrogens (tertiary/aromatic N) is 2. The Morgan fingerprint density at radius 3 is 3.07 bits per heavy atom. The van der Waals surface area contributed by atoms with Gasteiger partial charge in [0, 0.05) is 30.7 Å². The van der Waals surface area contributed by atoms with Crippen LogP contribution in [0.1, 0.15) is 6.42 Å². The summed E-state index contributed by atoms with van der Waals surface area (Å²) in [5, 5.41) is 0. The van der Waals surface area contributed by atoms with E-state index in [4.69, 9.17) is 4.74 Å². The minimum Gasteiger partial charge on any atom is -0.468 e. The maximum Gasteiger partial charge on any atom is 0.321 e. The average Bonchev–Trinajstić information content (AvgIpc) is 2.83. The van der Waals surface area contributed by atoms with Gasteiger partial charge in [-0.1, -0.05) is 0 Å². The molecule has 1 aromatic heterocycles. The van der Waals surface area contributed by atoms with E-state index in [0.717, 1.165) is 24.8 Å². The fraction of sp³-hybridized carbons (Fsp3) is 0.750. The van der Waals surface area contributed by atoms with Gasteiger partial charge in [0.25, 0.3) is 5.88 Å². The predicted octanol–water partition coefficient (Wildman–Crippen LogP) is -0.0857. The summed E-state index contributed by atoms with van der Waals surface area (Å²) < 4.78 is 12.0. The minimum atomic E-state index is -0.201. The molecule has 5 nitrogen and oxygen atoms in total. The van der Waals surface area contributed by atoms with Gasteiger partial charge in [-0.25, -0.2) is 0 Å². The molecule has 0 saturated carbocycles. The van der Waals surface area contributed by atoms with Gasteiger partial charge in [0.1, 0.15) is 6.10 Å². The van der Waals surface area contributed by atoms with Gasteiger partial charge in [-0.05, 0) is 13.0 Å². The standard InChI is InChI=1S/C8H11N3O2S/c12-7-8(10-14-9-7)13-6-4-11-2-1-5(6)3-11/h5-6H,1-4H2,(H,9,12). The van der Waals surface area contributed by atoms with Crippen LogP contribution in [-0.2, 0) is 0 Å². The van der Waals surface area contributed by atoms with Gasteiger partial charge in [0.2, 0.25) is 0 Å². The fourth-order valence-corrected chi connectivity index (χ4v) is 2.70. The molecule has 2 fully saturated rings. The zero-order chi connectivity index (χ0) is 9.54. The van der Waals surface area contributed by atoms with Gasteiger partial charge in [0.15, 0.2) is 0 Å². The molecular weight excluding hydrogens is 202 g/mol. The van der Waals surface area contributed by atoms with Crippen LogP contribution < -0.4 is 10.3 Å². The van der Waals surface area contributed by atoms with Crippen molar-refractivity contribution >= 4 is 11.7 Å². The van der Waals surface area contributed by atoms with Crippen LogP contribution in [-0.4, -0.2) is 39.4 Å². The molecule has 2 aliphatic rings. The number of fused-ring (bicyclic) bond motifs is 2. The number of nitrogens with one attached hydrogen (secondary N) is 1. The van der Waals surface area contributed by atoms with Gasteiger partial charge in [-0.2, -0.15) is 0 Å². The molecule has 3 unspecified atom stereocenters. The molecule has 0 amide bonds. The molecule has 2 saturated heterocycles. The molecule has 0 spiro atoms. The summed E-state index contributed by atoms with van der Waals surface area (Å²) in [6.07, 6.45) is 1.36. The summed E-state index contributed by atoms with van der Waals surface area (Å²) in [4.78, 5) is 13.5.